The van der Waals surface area contributed by atoms with Gasteiger partial charge < -0.3 is 4.42 Å². The van der Waals surface area contributed by atoms with Gasteiger partial charge in [0.15, 0.2) is 5.78 Å². The number of aromatic nitrogens is 5. The number of carbonyl (C=O) groups excluding carboxylic acids is 1. The van der Waals surface area contributed by atoms with E-state index in [4.69, 9.17) is 4.42 Å². The van der Waals surface area contributed by atoms with Crippen LogP contribution in [0.5, 0.6) is 0 Å². The Kier molecular flexibility index (Phi) is 2.28. The molecule has 0 aromatic carbocycles. The smallest absolute Gasteiger partial charge is 0.237 e. The Bertz CT molecular complexity index is 487. The summed E-state index contributed by atoms with van der Waals surface area (Å²) in [7, 11) is 0. The maximum atomic E-state index is 10.9. The summed E-state index contributed by atoms with van der Waals surface area (Å²) < 4.78 is 6.64. The molecule has 78 valence electrons. The van der Waals surface area contributed by atoms with Gasteiger partial charge in [0.1, 0.15) is 12.2 Å². The summed E-state index contributed by atoms with van der Waals surface area (Å²) in [6.07, 6.45) is 1.54. The Morgan fingerprint density at radius 2 is 2.27 bits per heavy atom. The van der Waals surface area contributed by atoms with E-state index < -0.39 is 0 Å². The Morgan fingerprint density at radius 3 is 2.80 bits per heavy atom. The molecule has 7 heteroatoms. The van der Waals surface area contributed by atoms with Crippen LogP contribution in [0.15, 0.2) is 10.6 Å². The van der Waals surface area contributed by atoms with Crippen LogP contribution in [-0.2, 0) is 6.54 Å². The number of hydrogen-bond donors (Lipinski definition) is 0. The molecule has 0 radical (unpaired) electrons. The van der Waals surface area contributed by atoms with Crippen LogP contribution in [0, 0.1) is 6.92 Å². The first-order valence-electron chi connectivity index (χ1n) is 4.35. The Morgan fingerprint density at radius 1 is 1.47 bits per heavy atom. The average Bonchev–Trinajstić information content (AvgIpc) is 2.76. The van der Waals surface area contributed by atoms with Crippen molar-refractivity contribution in [3.8, 4) is 0 Å². The fourth-order valence-corrected chi connectivity index (χ4v) is 1.08. The molecule has 0 unspecified atom stereocenters. The van der Waals surface area contributed by atoms with Gasteiger partial charge in [0.05, 0.1) is 6.20 Å². The molecular weight excluding hydrogens is 198 g/mol. The molecule has 7 nitrogen and oxygen atoms in total. The van der Waals surface area contributed by atoms with Crippen molar-refractivity contribution >= 4 is 5.78 Å². The van der Waals surface area contributed by atoms with E-state index in [-0.39, 0.29) is 5.78 Å². The maximum absolute atomic E-state index is 10.9. The normalized spacial score (nSPS) is 10.5. The van der Waals surface area contributed by atoms with Crippen molar-refractivity contribution in [2.24, 2.45) is 0 Å². The predicted molar refractivity (Wildman–Crippen MR) is 48.2 cm³/mol. The zero-order valence-corrected chi connectivity index (χ0v) is 8.34. The number of aryl methyl sites for hydroxylation is 1. The Labute approximate surface area is 85.1 Å². The highest BCUT2D eigenvalue weighted by atomic mass is 16.4. The predicted octanol–water partition coefficient (Wildman–Crippen LogP) is 0.220. The standard InChI is InChI=1S/C8H9N5O2/c1-5(14)7-3-13(12-10-7)4-8-11-9-6(2)15-8/h3H,4H2,1-2H3. The van der Waals surface area contributed by atoms with E-state index in [9.17, 15) is 4.79 Å². The zero-order valence-electron chi connectivity index (χ0n) is 8.34. The second-order valence-corrected chi connectivity index (χ2v) is 3.07. The molecule has 0 saturated heterocycles. The molecular formula is C8H9N5O2. The summed E-state index contributed by atoms with van der Waals surface area (Å²) in [6.45, 7) is 3.46. The second-order valence-electron chi connectivity index (χ2n) is 3.07. The van der Waals surface area contributed by atoms with E-state index in [0.29, 0.717) is 24.0 Å². The van der Waals surface area contributed by atoms with Gasteiger partial charge in [0, 0.05) is 13.8 Å². The van der Waals surface area contributed by atoms with Gasteiger partial charge in [-0.3, -0.25) is 4.79 Å². The largest absolute Gasteiger partial charge is 0.424 e. The third-order valence-electron chi connectivity index (χ3n) is 1.76. The summed E-state index contributed by atoms with van der Waals surface area (Å²) in [5, 5.41) is 14.9. The lowest BCUT2D eigenvalue weighted by atomic mass is 10.3. The lowest BCUT2D eigenvalue weighted by Gasteiger charge is -1.92. The average molecular weight is 207 g/mol. The molecule has 0 bridgehead atoms. The van der Waals surface area contributed by atoms with E-state index in [1.54, 1.807) is 13.1 Å². The minimum atomic E-state index is -0.122. The Balaban J connectivity index is 2.14. The minimum Gasteiger partial charge on any atom is -0.424 e. The summed E-state index contributed by atoms with van der Waals surface area (Å²) in [4.78, 5) is 10.9. The Hall–Kier alpha value is -2.05. The van der Waals surface area contributed by atoms with E-state index >= 15 is 0 Å². The molecule has 0 spiro atoms. The summed E-state index contributed by atoms with van der Waals surface area (Å²) in [6, 6.07) is 0. The van der Waals surface area contributed by atoms with Gasteiger partial charge in [0.2, 0.25) is 11.8 Å². The minimum absolute atomic E-state index is 0.122. The first kappa shape index (κ1) is 9.50. The van der Waals surface area contributed by atoms with Crippen molar-refractivity contribution < 1.29 is 9.21 Å². The van der Waals surface area contributed by atoms with Crippen LogP contribution in [0.3, 0.4) is 0 Å². The van der Waals surface area contributed by atoms with Crippen LogP contribution < -0.4 is 0 Å². The van der Waals surface area contributed by atoms with Gasteiger partial charge in [-0.1, -0.05) is 5.21 Å². The van der Waals surface area contributed by atoms with Gasteiger partial charge in [-0.2, -0.15) is 0 Å². The van der Waals surface area contributed by atoms with Crippen LogP contribution in [0.25, 0.3) is 0 Å². The molecule has 0 aliphatic heterocycles. The molecule has 2 heterocycles. The molecule has 0 aliphatic carbocycles. The highest BCUT2D eigenvalue weighted by Crippen LogP contribution is 2.01. The lowest BCUT2D eigenvalue weighted by Crippen LogP contribution is -2.00. The van der Waals surface area contributed by atoms with Crippen LogP contribution >= 0.6 is 0 Å². The van der Waals surface area contributed by atoms with Crippen LogP contribution in [0.2, 0.25) is 0 Å². The molecule has 2 rings (SSSR count). The summed E-state index contributed by atoms with van der Waals surface area (Å²) in [5.74, 6) is 0.812. The third kappa shape index (κ3) is 2.06. The first-order chi connectivity index (χ1) is 7.15. The molecule has 2 aromatic heterocycles. The van der Waals surface area contributed by atoms with Gasteiger partial charge in [-0.05, 0) is 0 Å². The van der Waals surface area contributed by atoms with Gasteiger partial charge in [-0.15, -0.1) is 15.3 Å². The molecule has 2 aromatic rings. The first-order valence-corrected chi connectivity index (χ1v) is 4.35. The van der Waals surface area contributed by atoms with E-state index in [0.717, 1.165) is 0 Å². The van der Waals surface area contributed by atoms with Crippen LogP contribution in [-0.4, -0.2) is 31.0 Å². The maximum Gasteiger partial charge on any atom is 0.237 e. The van der Waals surface area contributed by atoms with Crippen LogP contribution in [0.4, 0.5) is 0 Å². The fourth-order valence-electron chi connectivity index (χ4n) is 1.08. The van der Waals surface area contributed by atoms with Crippen molar-refractivity contribution in [1.82, 2.24) is 25.2 Å². The number of ketones is 1. The quantitative estimate of drug-likeness (QED) is 0.669. The molecule has 0 atom stereocenters. The number of rotatable bonds is 3. The molecule has 15 heavy (non-hydrogen) atoms. The molecule has 0 aliphatic rings. The number of nitrogens with zero attached hydrogens (tertiary/aromatic N) is 5. The van der Waals surface area contributed by atoms with Crippen molar-refractivity contribution in [2.45, 2.75) is 20.4 Å². The van der Waals surface area contributed by atoms with Crippen molar-refractivity contribution in [3.05, 3.63) is 23.7 Å². The molecule has 0 fully saturated rings. The van der Waals surface area contributed by atoms with Crippen LogP contribution in [0.1, 0.15) is 29.2 Å². The van der Waals surface area contributed by atoms with E-state index in [1.165, 1.54) is 11.6 Å². The van der Waals surface area contributed by atoms with Crippen molar-refractivity contribution in [1.29, 1.82) is 0 Å². The highest BCUT2D eigenvalue weighted by molar-refractivity contribution is 5.91. The van der Waals surface area contributed by atoms with Gasteiger partial charge >= 0.3 is 0 Å². The number of hydrogen-bond acceptors (Lipinski definition) is 6. The van der Waals surface area contributed by atoms with Gasteiger partial charge in [-0.25, -0.2) is 4.68 Å². The third-order valence-corrected chi connectivity index (χ3v) is 1.76. The monoisotopic (exact) mass is 207 g/mol. The topological polar surface area (TPSA) is 86.7 Å². The molecule has 0 amide bonds. The molecule has 0 saturated carbocycles. The zero-order chi connectivity index (χ0) is 10.8. The SMILES string of the molecule is CC(=O)c1cn(Cc2nnc(C)o2)nn1. The lowest BCUT2D eigenvalue weighted by molar-refractivity contribution is 0.101. The number of carbonyl (C=O) groups is 1. The van der Waals surface area contributed by atoms with E-state index in [2.05, 4.69) is 20.5 Å². The summed E-state index contributed by atoms with van der Waals surface area (Å²) in [5.41, 5.74) is 0.325. The van der Waals surface area contributed by atoms with Gasteiger partial charge in [0.25, 0.3) is 0 Å². The van der Waals surface area contributed by atoms with Crippen molar-refractivity contribution in [2.75, 3.05) is 0 Å². The summed E-state index contributed by atoms with van der Waals surface area (Å²) >= 11 is 0. The number of Topliss-reactive ketones (excluding diaryl/α,β-unsaturated/α-hetero) is 1. The van der Waals surface area contributed by atoms with Crippen molar-refractivity contribution in [3.63, 3.8) is 0 Å². The second kappa shape index (κ2) is 3.60. The van der Waals surface area contributed by atoms with E-state index in [1.807, 2.05) is 0 Å². The molecule has 0 N–H and O–H groups in total. The fraction of sp³-hybridized carbons (Fsp3) is 0.375. The highest BCUT2D eigenvalue weighted by Gasteiger charge is 2.08.